The van der Waals surface area contributed by atoms with E-state index in [-0.39, 0.29) is 0 Å². The molecule has 0 bridgehead atoms. The number of hydrogen-bond acceptors (Lipinski definition) is 5. The summed E-state index contributed by atoms with van der Waals surface area (Å²) >= 11 is 1.60. The van der Waals surface area contributed by atoms with Crippen LogP contribution in [0.3, 0.4) is 0 Å². The molecule has 4 aromatic rings. The van der Waals surface area contributed by atoms with Crippen LogP contribution < -0.4 is 10.5 Å². The molecule has 34 heavy (non-hydrogen) atoms. The Hall–Kier alpha value is -3.45. The third-order valence-corrected chi connectivity index (χ3v) is 7.46. The SMILES string of the molecule is COc1ccc(-c2ccsc2C2(O[C@H](C)[C@H](N)C(=O)O)c3ccccc3-c3ccccc32)cc1. The van der Waals surface area contributed by atoms with Gasteiger partial charge in [-0.25, -0.2) is 0 Å². The number of methoxy groups -OCH3 is 1. The number of thiophene rings is 1. The maximum atomic E-state index is 11.7. The van der Waals surface area contributed by atoms with Gasteiger partial charge in [0.05, 0.1) is 18.1 Å². The quantitative estimate of drug-likeness (QED) is 0.371. The Morgan fingerprint density at radius 1 is 0.912 bits per heavy atom. The molecular formula is C28H25NO4S. The highest BCUT2D eigenvalue weighted by Crippen LogP contribution is 2.56. The average molecular weight is 472 g/mol. The molecule has 0 spiro atoms. The molecule has 5 rings (SSSR count). The second kappa shape index (κ2) is 8.72. The monoisotopic (exact) mass is 471 g/mol. The zero-order chi connectivity index (χ0) is 23.9. The summed E-state index contributed by atoms with van der Waals surface area (Å²) in [6.45, 7) is 1.73. The zero-order valence-corrected chi connectivity index (χ0v) is 19.7. The molecule has 6 heteroatoms. The van der Waals surface area contributed by atoms with Crippen LogP contribution in [0.15, 0.2) is 84.2 Å². The van der Waals surface area contributed by atoms with Crippen LogP contribution in [0, 0.1) is 0 Å². The fourth-order valence-corrected chi connectivity index (χ4v) is 5.84. The minimum Gasteiger partial charge on any atom is -0.497 e. The fraction of sp³-hybridized carbons (Fsp3) is 0.179. The number of aliphatic carboxylic acids is 1. The van der Waals surface area contributed by atoms with Crippen molar-refractivity contribution in [1.29, 1.82) is 0 Å². The van der Waals surface area contributed by atoms with Crippen molar-refractivity contribution in [2.45, 2.75) is 24.7 Å². The van der Waals surface area contributed by atoms with Gasteiger partial charge in [-0.3, -0.25) is 4.79 Å². The molecular weight excluding hydrogens is 446 g/mol. The largest absolute Gasteiger partial charge is 0.497 e. The maximum Gasteiger partial charge on any atom is 0.323 e. The van der Waals surface area contributed by atoms with Gasteiger partial charge in [-0.05, 0) is 52.8 Å². The highest BCUT2D eigenvalue weighted by Gasteiger charge is 2.49. The van der Waals surface area contributed by atoms with Crippen molar-refractivity contribution in [2.75, 3.05) is 7.11 Å². The number of ether oxygens (including phenoxy) is 2. The predicted octanol–water partition coefficient (Wildman–Crippen LogP) is 5.51. The van der Waals surface area contributed by atoms with E-state index < -0.39 is 23.7 Å². The van der Waals surface area contributed by atoms with Gasteiger partial charge in [0, 0.05) is 11.1 Å². The van der Waals surface area contributed by atoms with Crippen molar-refractivity contribution in [1.82, 2.24) is 0 Å². The van der Waals surface area contributed by atoms with E-state index in [9.17, 15) is 9.90 Å². The molecule has 172 valence electrons. The molecule has 5 nitrogen and oxygen atoms in total. The molecule has 0 saturated heterocycles. The summed E-state index contributed by atoms with van der Waals surface area (Å²) in [6, 6.07) is 25.1. The van der Waals surface area contributed by atoms with Gasteiger partial charge in [0.15, 0.2) is 5.60 Å². The van der Waals surface area contributed by atoms with Crippen molar-refractivity contribution < 1.29 is 19.4 Å². The lowest BCUT2D eigenvalue weighted by molar-refractivity contribution is -0.144. The van der Waals surface area contributed by atoms with Crippen LogP contribution in [-0.2, 0) is 15.1 Å². The standard InChI is InChI=1S/C28H25NO4S/c1-17(25(29)27(30)31)33-28(23-9-5-3-7-21(23)22-8-4-6-10-24(22)28)26-20(15-16-34-26)18-11-13-19(32-2)14-12-18/h3-17,25H,29H2,1-2H3,(H,30,31)/t17-,25+/m1/s1. The molecule has 0 fully saturated rings. The van der Waals surface area contributed by atoms with Crippen LogP contribution in [0.2, 0.25) is 0 Å². The smallest absolute Gasteiger partial charge is 0.323 e. The normalized spacial score (nSPS) is 15.3. The summed E-state index contributed by atoms with van der Waals surface area (Å²) in [7, 11) is 1.65. The van der Waals surface area contributed by atoms with E-state index in [2.05, 4.69) is 30.3 Å². The average Bonchev–Trinajstić information content (AvgIpc) is 3.46. The van der Waals surface area contributed by atoms with Gasteiger partial charge in [-0.15, -0.1) is 11.3 Å². The summed E-state index contributed by atoms with van der Waals surface area (Å²) in [5.74, 6) is -0.312. The Morgan fingerprint density at radius 2 is 1.50 bits per heavy atom. The number of carbonyl (C=O) groups is 1. The second-order valence-electron chi connectivity index (χ2n) is 8.35. The minimum absolute atomic E-state index is 0.748. The van der Waals surface area contributed by atoms with E-state index in [4.69, 9.17) is 15.2 Å². The Kier molecular flexibility index (Phi) is 5.73. The first-order chi connectivity index (χ1) is 16.5. The number of nitrogens with two attached hydrogens (primary N) is 1. The highest BCUT2D eigenvalue weighted by atomic mass is 32.1. The zero-order valence-electron chi connectivity index (χ0n) is 18.9. The Balaban J connectivity index is 1.77. The van der Waals surface area contributed by atoms with E-state index >= 15 is 0 Å². The van der Waals surface area contributed by atoms with E-state index in [0.29, 0.717) is 0 Å². The van der Waals surface area contributed by atoms with Crippen molar-refractivity contribution in [3.05, 3.63) is 100 Å². The van der Waals surface area contributed by atoms with Crippen LogP contribution in [-0.4, -0.2) is 30.3 Å². The summed E-state index contributed by atoms with van der Waals surface area (Å²) in [4.78, 5) is 12.7. The van der Waals surface area contributed by atoms with E-state index in [0.717, 1.165) is 44.0 Å². The van der Waals surface area contributed by atoms with Crippen LogP contribution in [0.25, 0.3) is 22.3 Å². The topological polar surface area (TPSA) is 81.8 Å². The first-order valence-corrected chi connectivity index (χ1v) is 11.9. The van der Waals surface area contributed by atoms with Gasteiger partial charge < -0.3 is 20.3 Å². The van der Waals surface area contributed by atoms with Crippen molar-refractivity contribution in [3.8, 4) is 28.0 Å². The fourth-order valence-electron chi connectivity index (χ4n) is 4.75. The first kappa shape index (κ1) is 22.3. The molecule has 2 atom stereocenters. The Labute approximate surface area is 202 Å². The molecule has 0 unspecified atom stereocenters. The molecule has 0 saturated carbocycles. The van der Waals surface area contributed by atoms with Crippen molar-refractivity contribution >= 4 is 17.3 Å². The van der Waals surface area contributed by atoms with Gasteiger partial charge in [-0.1, -0.05) is 60.7 Å². The molecule has 1 aliphatic rings. The summed E-state index contributed by atoms with van der Waals surface area (Å²) in [5.41, 5.74) is 11.2. The van der Waals surface area contributed by atoms with Crippen LogP contribution in [0.5, 0.6) is 5.75 Å². The lowest BCUT2D eigenvalue weighted by Gasteiger charge is -2.36. The number of hydrogen-bond donors (Lipinski definition) is 2. The Morgan fingerprint density at radius 3 is 2.06 bits per heavy atom. The third kappa shape index (κ3) is 3.42. The van der Waals surface area contributed by atoms with Gasteiger partial charge in [0.1, 0.15) is 11.8 Å². The number of carboxylic acids is 1. The maximum absolute atomic E-state index is 11.7. The third-order valence-electron chi connectivity index (χ3n) is 6.44. The van der Waals surface area contributed by atoms with E-state index in [1.165, 1.54) is 0 Å². The van der Waals surface area contributed by atoms with Crippen LogP contribution in [0.1, 0.15) is 22.9 Å². The first-order valence-electron chi connectivity index (χ1n) is 11.1. The van der Waals surface area contributed by atoms with Crippen molar-refractivity contribution in [2.24, 2.45) is 5.73 Å². The summed E-state index contributed by atoms with van der Waals surface area (Å²) < 4.78 is 12.1. The molecule has 3 N–H and O–H groups in total. The molecule has 1 aliphatic carbocycles. The summed E-state index contributed by atoms with van der Waals surface area (Å²) in [5, 5.41) is 11.6. The lowest BCUT2D eigenvalue weighted by Crippen LogP contribution is -2.46. The molecule has 1 aromatic heterocycles. The van der Waals surface area contributed by atoms with E-state index in [1.807, 2.05) is 53.9 Å². The molecule has 0 amide bonds. The molecule has 0 aliphatic heterocycles. The second-order valence-corrected chi connectivity index (χ2v) is 9.27. The van der Waals surface area contributed by atoms with Crippen LogP contribution in [0.4, 0.5) is 0 Å². The minimum atomic E-state index is -1.17. The van der Waals surface area contributed by atoms with Gasteiger partial charge >= 0.3 is 5.97 Å². The molecule has 3 aromatic carbocycles. The number of rotatable bonds is 7. The molecule has 1 heterocycles. The van der Waals surface area contributed by atoms with Gasteiger partial charge in [-0.2, -0.15) is 0 Å². The molecule has 0 radical (unpaired) electrons. The predicted molar refractivity (Wildman–Crippen MR) is 134 cm³/mol. The van der Waals surface area contributed by atoms with E-state index in [1.54, 1.807) is 25.4 Å². The van der Waals surface area contributed by atoms with Crippen molar-refractivity contribution in [3.63, 3.8) is 0 Å². The van der Waals surface area contributed by atoms with Crippen LogP contribution >= 0.6 is 11.3 Å². The number of benzene rings is 3. The van der Waals surface area contributed by atoms with Gasteiger partial charge in [0.25, 0.3) is 0 Å². The summed E-state index contributed by atoms with van der Waals surface area (Å²) in [6.07, 6.45) is -0.748. The lowest BCUT2D eigenvalue weighted by atomic mass is 9.85. The highest BCUT2D eigenvalue weighted by molar-refractivity contribution is 7.10. The number of fused-ring (bicyclic) bond motifs is 3. The van der Waals surface area contributed by atoms with Gasteiger partial charge in [0.2, 0.25) is 0 Å². The number of carboxylic acid groups (broad SMARTS) is 1. The Bertz CT molecular complexity index is 1300.